The Balaban J connectivity index is 2.49. The van der Waals surface area contributed by atoms with Crippen LogP contribution in [0.2, 0.25) is 5.15 Å². The molecule has 0 aliphatic rings. The number of hydrogen-bond acceptors (Lipinski definition) is 4. The van der Waals surface area contributed by atoms with Crippen molar-refractivity contribution in [1.29, 1.82) is 0 Å². The zero-order valence-electron chi connectivity index (χ0n) is 7.48. The average Bonchev–Trinajstić information content (AvgIpc) is 2.18. The van der Waals surface area contributed by atoms with Gasteiger partial charge in [0, 0.05) is 11.8 Å². The normalized spacial score (nSPS) is 10.1. The summed E-state index contributed by atoms with van der Waals surface area (Å²) >= 11 is 5.75. The van der Waals surface area contributed by atoms with E-state index in [9.17, 15) is 0 Å². The molecule has 14 heavy (non-hydrogen) atoms. The molecular formula is C9H7ClN4. The van der Waals surface area contributed by atoms with Gasteiger partial charge in [-0.3, -0.25) is 0 Å². The lowest BCUT2D eigenvalue weighted by molar-refractivity contribution is 0.982. The van der Waals surface area contributed by atoms with Crippen molar-refractivity contribution in [2.45, 2.75) is 6.92 Å². The van der Waals surface area contributed by atoms with Crippen LogP contribution in [0.4, 0.5) is 0 Å². The minimum atomic E-state index is 0.431. The molecule has 2 rings (SSSR count). The highest BCUT2D eigenvalue weighted by atomic mass is 35.5. The van der Waals surface area contributed by atoms with Gasteiger partial charge in [-0.05, 0) is 19.1 Å². The van der Waals surface area contributed by atoms with Crippen molar-refractivity contribution in [2.75, 3.05) is 0 Å². The standard InChI is InChI=1S/C9H7ClN4/c1-6-12-5-13-9(14-6)7-2-3-11-8(10)4-7/h2-5H,1H3. The molecule has 0 fully saturated rings. The molecule has 5 heteroatoms. The van der Waals surface area contributed by atoms with Crippen LogP contribution in [0.1, 0.15) is 5.82 Å². The predicted octanol–water partition coefficient (Wildman–Crippen LogP) is 1.90. The van der Waals surface area contributed by atoms with Gasteiger partial charge >= 0.3 is 0 Å². The smallest absolute Gasteiger partial charge is 0.163 e. The van der Waals surface area contributed by atoms with Gasteiger partial charge in [0.2, 0.25) is 0 Å². The highest BCUT2D eigenvalue weighted by molar-refractivity contribution is 6.29. The molecule has 2 heterocycles. The monoisotopic (exact) mass is 206 g/mol. The Morgan fingerprint density at radius 2 is 2.07 bits per heavy atom. The van der Waals surface area contributed by atoms with E-state index in [1.165, 1.54) is 6.33 Å². The highest BCUT2D eigenvalue weighted by Gasteiger charge is 2.02. The third kappa shape index (κ3) is 1.85. The van der Waals surface area contributed by atoms with Crippen LogP contribution in [-0.2, 0) is 0 Å². The van der Waals surface area contributed by atoms with E-state index in [-0.39, 0.29) is 0 Å². The van der Waals surface area contributed by atoms with Gasteiger partial charge in [0.05, 0.1) is 0 Å². The van der Waals surface area contributed by atoms with Crippen molar-refractivity contribution in [3.63, 3.8) is 0 Å². The first-order valence-corrected chi connectivity index (χ1v) is 4.41. The number of rotatable bonds is 1. The average molecular weight is 207 g/mol. The first kappa shape index (κ1) is 9.02. The molecule has 0 aromatic carbocycles. The molecule has 4 nitrogen and oxygen atoms in total. The van der Waals surface area contributed by atoms with E-state index in [1.54, 1.807) is 18.3 Å². The SMILES string of the molecule is Cc1ncnc(-c2ccnc(Cl)c2)n1. The third-order valence-electron chi connectivity index (χ3n) is 1.68. The quantitative estimate of drug-likeness (QED) is 0.669. The fraction of sp³-hybridized carbons (Fsp3) is 0.111. The molecule has 0 saturated heterocycles. The lowest BCUT2D eigenvalue weighted by Crippen LogP contribution is -1.94. The molecule has 0 amide bonds. The molecular weight excluding hydrogens is 200 g/mol. The topological polar surface area (TPSA) is 51.6 Å². The summed E-state index contributed by atoms with van der Waals surface area (Å²) in [7, 11) is 0. The molecule has 2 aromatic heterocycles. The Morgan fingerprint density at radius 3 is 2.79 bits per heavy atom. The van der Waals surface area contributed by atoms with Gasteiger partial charge in [-0.15, -0.1) is 0 Å². The number of aryl methyl sites for hydroxylation is 1. The highest BCUT2D eigenvalue weighted by Crippen LogP contribution is 2.16. The fourth-order valence-electron chi connectivity index (χ4n) is 1.06. The Bertz CT molecular complexity index is 415. The van der Waals surface area contributed by atoms with Gasteiger partial charge in [0.1, 0.15) is 17.3 Å². The molecule has 2 aromatic rings. The summed E-state index contributed by atoms with van der Waals surface area (Å²) in [4.78, 5) is 16.0. The molecule has 70 valence electrons. The van der Waals surface area contributed by atoms with Gasteiger partial charge < -0.3 is 0 Å². The number of nitrogens with zero attached hydrogens (tertiary/aromatic N) is 4. The second kappa shape index (κ2) is 3.67. The molecule has 0 N–H and O–H groups in total. The summed E-state index contributed by atoms with van der Waals surface area (Å²) in [5.74, 6) is 1.30. The van der Waals surface area contributed by atoms with Crippen LogP contribution in [0.25, 0.3) is 11.4 Å². The Kier molecular flexibility index (Phi) is 2.37. The van der Waals surface area contributed by atoms with Gasteiger partial charge in [-0.25, -0.2) is 19.9 Å². The summed E-state index contributed by atoms with van der Waals surface area (Å²) < 4.78 is 0. The van der Waals surface area contributed by atoms with Crippen LogP contribution < -0.4 is 0 Å². The maximum Gasteiger partial charge on any atom is 0.163 e. The van der Waals surface area contributed by atoms with Crippen LogP contribution in [0.3, 0.4) is 0 Å². The maximum absolute atomic E-state index is 5.75. The zero-order valence-corrected chi connectivity index (χ0v) is 8.23. The van der Waals surface area contributed by atoms with Gasteiger partial charge in [0.25, 0.3) is 0 Å². The van der Waals surface area contributed by atoms with Gasteiger partial charge in [-0.1, -0.05) is 11.6 Å². The predicted molar refractivity (Wildman–Crippen MR) is 52.8 cm³/mol. The van der Waals surface area contributed by atoms with Crippen LogP contribution in [-0.4, -0.2) is 19.9 Å². The van der Waals surface area contributed by atoms with Crippen molar-refractivity contribution in [3.05, 3.63) is 35.6 Å². The van der Waals surface area contributed by atoms with E-state index in [0.717, 1.165) is 5.56 Å². The lowest BCUT2D eigenvalue weighted by atomic mass is 10.2. The molecule has 0 bridgehead atoms. The van der Waals surface area contributed by atoms with E-state index in [1.807, 2.05) is 6.92 Å². The van der Waals surface area contributed by atoms with Gasteiger partial charge in [-0.2, -0.15) is 0 Å². The van der Waals surface area contributed by atoms with Crippen LogP contribution in [0, 0.1) is 6.92 Å². The summed E-state index contributed by atoms with van der Waals surface area (Å²) in [6.45, 7) is 1.81. The number of aromatic nitrogens is 4. The van der Waals surface area contributed by atoms with E-state index in [2.05, 4.69) is 19.9 Å². The first-order chi connectivity index (χ1) is 6.75. The maximum atomic E-state index is 5.75. The van der Waals surface area contributed by atoms with Gasteiger partial charge in [0.15, 0.2) is 5.82 Å². The van der Waals surface area contributed by atoms with Crippen molar-refractivity contribution >= 4 is 11.6 Å². The number of pyridine rings is 1. The largest absolute Gasteiger partial charge is 0.245 e. The van der Waals surface area contributed by atoms with E-state index >= 15 is 0 Å². The molecule has 0 aliphatic carbocycles. The van der Waals surface area contributed by atoms with Crippen molar-refractivity contribution in [3.8, 4) is 11.4 Å². The molecule has 0 radical (unpaired) electrons. The Labute approximate surface area is 86.0 Å². The summed E-state index contributed by atoms with van der Waals surface area (Å²) in [5.41, 5.74) is 0.843. The second-order valence-electron chi connectivity index (χ2n) is 2.72. The minimum absolute atomic E-state index is 0.431. The third-order valence-corrected chi connectivity index (χ3v) is 1.88. The minimum Gasteiger partial charge on any atom is -0.245 e. The van der Waals surface area contributed by atoms with Crippen molar-refractivity contribution in [2.24, 2.45) is 0 Å². The fourth-order valence-corrected chi connectivity index (χ4v) is 1.23. The molecule has 0 aliphatic heterocycles. The number of hydrogen-bond donors (Lipinski definition) is 0. The van der Waals surface area contributed by atoms with Crippen LogP contribution in [0.5, 0.6) is 0 Å². The molecule has 0 unspecified atom stereocenters. The Hall–Kier alpha value is -1.55. The molecule has 0 spiro atoms. The lowest BCUT2D eigenvalue weighted by Gasteiger charge is -1.99. The summed E-state index contributed by atoms with van der Waals surface area (Å²) in [6, 6.07) is 3.52. The number of halogens is 1. The van der Waals surface area contributed by atoms with Crippen LogP contribution >= 0.6 is 11.6 Å². The second-order valence-corrected chi connectivity index (χ2v) is 3.11. The van der Waals surface area contributed by atoms with Crippen molar-refractivity contribution < 1.29 is 0 Å². The molecule has 0 saturated carbocycles. The van der Waals surface area contributed by atoms with Crippen LogP contribution in [0.15, 0.2) is 24.7 Å². The first-order valence-electron chi connectivity index (χ1n) is 4.03. The summed E-state index contributed by atoms with van der Waals surface area (Å²) in [5, 5.41) is 0.431. The van der Waals surface area contributed by atoms with E-state index in [4.69, 9.17) is 11.6 Å². The van der Waals surface area contributed by atoms with Crippen molar-refractivity contribution in [1.82, 2.24) is 19.9 Å². The zero-order chi connectivity index (χ0) is 9.97. The van der Waals surface area contributed by atoms with E-state index in [0.29, 0.717) is 16.8 Å². The van der Waals surface area contributed by atoms with E-state index < -0.39 is 0 Å². The molecule has 0 atom stereocenters. The Morgan fingerprint density at radius 1 is 1.21 bits per heavy atom. The summed E-state index contributed by atoms with van der Waals surface area (Å²) in [6.07, 6.45) is 3.10.